The van der Waals surface area contributed by atoms with Gasteiger partial charge < -0.3 is 25.2 Å². The number of carbonyl (C=O) groups is 3. The van der Waals surface area contributed by atoms with E-state index in [1.54, 1.807) is 13.8 Å². The molecular formula is C24H22F4N4O5. The number of esters is 1. The summed E-state index contributed by atoms with van der Waals surface area (Å²) in [6.45, 7) is 3.46. The Hall–Kier alpha value is -4.42. The Morgan fingerprint density at radius 1 is 1.03 bits per heavy atom. The summed E-state index contributed by atoms with van der Waals surface area (Å²) in [5.74, 6) is -2.92. The van der Waals surface area contributed by atoms with Crippen molar-refractivity contribution in [3.8, 4) is 11.3 Å². The van der Waals surface area contributed by atoms with Crippen LogP contribution in [0.5, 0.6) is 0 Å². The number of nitrogens with zero attached hydrogens (tertiary/aromatic N) is 1. The average Bonchev–Trinajstić information content (AvgIpc) is 3.33. The number of anilines is 2. The number of nitrogens with one attached hydrogen (secondary N) is 3. The van der Waals surface area contributed by atoms with Crippen molar-refractivity contribution in [2.75, 3.05) is 17.7 Å². The maximum absolute atomic E-state index is 13.9. The molecule has 0 bridgehead atoms. The molecule has 3 amide bonds. The van der Waals surface area contributed by atoms with Crippen LogP contribution in [-0.4, -0.2) is 36.2 Å². The fourth-order valence-corrected chi connectivity index (χ4v) is 3.24. The van der Waals surface area contributed by atoms with E-state index in [0.29, 0.717) is 11.6 Å². The minimum absolute atomic E-state index is 0.156. The zero-order valence-electron chi connectivity index (χ0n) is 19.8. The summed E-state index contributed by atoms with van der Waals surface area (Å²) in [6.07, 6.45) is -4.87. The van der Waals surface area contributed by atoms with Gasteiger partial charge in [0.15, 0.2) is 0 Å². The van der Waals surface area contributed by atoms with Crippen molar-refractivity contribution in [2.24, 2.45) is 5.92 Å². The number of hydrogen-bond acceptors (Lipinski definition) is 6. The van der Waals surface area contributed by atoms with Crippen molar-refractivity contribution in [1.82, 2.24) is 10.5 Å². The van der Waals surface area contributed by atoms with E-state index in [2.05, 4.69) is 20.5 Å². The molecule has 0 aliphatic rings. The summed E-state index contributed by atoms with van der Waals surface area (Å²) in [6, 6.07) is 7.55. The quantitative estimate of drug-likeness (QED) is 0.294. The van der Waals surface area contributed by atoms with E-state index in [-0.39, 0.29) is 23.1 Å². The fourth-order valence-electron chi connectivity index (χ4n) is 3.24. The van der Waals surface area contributed by atoms with E-state index in [9.17, 15) is 31.9 Å². The summed E-state index contributed by atoms with van der Waals surface area (Å²) in [5.41, 5.74) is -1.39. The standard InChI is InChI=1S/C24H22F4N4O5/c1-12(2)19(22(34)36-3)30-21(33)18-11-17(32-37-18)13-7-9-14(10-8-13)29-23(35)31-20-15(24(26,27)28)5-4-6-16(20)25/h4-12,19H,1-3H3,(H,30,33)(H2,29,31,35)/t19-/m0/s1. The van der Waals surface area contributed by atoms with Gasteiger partial charge in [0.2, 0.25) is 5.76 Å². The Kier molecular flexibility index (Phi) is 8.15. The Labute approximate surface area is 208 Å². The molecule has 0 fully saturated rings. The molecule has 1 aromatic heterocycles. The van der Waals surface area contributed by atoms with Crippen molar-refractivity contribution in [3.05, 3.63) is 65.7 Å². The average molecular weight is 522 g/mol. The van der Waals surface area contributed by atoms with Gasteiger partial charge in [0.05, 0.1) is 18.4 Å². The highest BCUT2D eigenvalue weighted by Gasteiger charge is 2.35. The lowest BCUT2D eigenvalue weighted by Gasteiger charge is -2.18. The van der Waals surface area contributed by atoms with E-state index in [1.807, 2.05) is 5.32 Å². The van der Waals surface area contributed by atoms with Gasteiger partial charge in [-0.05, 0) is 30.2 Å². The van der Waals surface area contributed by atoms with Crippen LogP contribution in [0.4, 0.5) is 33.7 Å². The summed E-state index contributed by atoms with van der Waals surface area (Å²) in [7, 11) is 1.21. The molecule has 2 aromatic carbocycles. The van der Waals surface area contributed by atoms with Crippen molar-refractivity contribution in [2.45, 2.75) is 26.1 Å². The highest BCUT2D eigenvalue weighted by Crippen LogP contribution is 2.36. The van der Waals surface area contributed by atoms with E-state index < -0.39 is 47.2 Å². The molecule has 13 heteroatoms. The number of urea groups is 1. The summed E-state index contributed by atoms with van der Waals surface area (Å²) >= 11 is 0. The number of ether oxygens (including phenoxy) is 1. The molecule has 0 saturated heterocycles. The number of methoxy groups -OCH3 is 1. The summed E-state index contributed by atoms with van der Waals surface area (Å²) in [4.78, 5) is 36.5. The second-order valence-electron chi connectivity index (χ2n) is 8.11. The lowest BCUT2D eigenvalue weighted by molar-refractivity contribution is -0.144. The third kappa shape index (κ3) is 6.63. The molecular weight excluding hydrogens is 500 g/mol. The maximum atomic E-state index is 13.9. The predicted octanol–water partition coefficient (Wildman–Crippen LogP) is 5.07. The first-order valence-electron chi connectivity index (χ1n) is 10.8. The van der Waals surface area contributed by atoms with Gasteiger partial charge in [-0.2, -0.15) is 13.2 Å². The molecule has 3 N–H and O–H groups in total. The summed E-state index contributed by atoms with van der Waals surface area (Å²) < 4.78 is 63.0. The van der Waals surface area contributed by atoms with Gasteiger partial charge in [0, 0.05) is 17.3 Å². The van der Waals surface area contributed by atoms with Crippen LogP contribution in [-0.2, 0) is 15.7 Å². The third-order valence-corrected chi connectivity index (χ3v) is 5.14. The molecule has 9 nitrogen and oxygen atoms in total. The molecule has 0 spiro atoms. The zero-order valence-corrected chi connectivity index (χ0v) is 19.8. The van der Waals surface area contributed by atoms with Crippen molar-refractivity contribution in [1.29, 1.82) is 0 Å². The second kappa shape index (κ2) is 11.1. The van der Waals surface area contributed by atoms with Gasteiger partial charge in [0.1, 0.15) is 17.6 Å². The number of benzene rings is 2. The van der Waals surface area contributed by atoms with Crippen LogP contribution in [0.25, 0.3) is 11.3 Å². The highest BCUT2D eigenvalue weighted by atomic mass is 19.4. The van der Waals surface area contributed by atoms with Crippen LogP contribution in [0.2, 0.25) is 0 Å². The molecule has 37 heavy (non-hydrogen) atoms. The molecule has 196 valence electrons. The van der Waals surface area contributed by atoms with Crippen molar-refractivity contribution >= 4 is 29.3 Å². The largest absolute Gasteiger partial charge is 0.467 e. The van der Waals surface area contributed by atoms with Crippen LogP contribution in [0, 0.1) is 11.7 Å². The molecule has 3 rings (SSSR count). The summed E-state index contributed by atoms with van der Waals surface area (Å²) in [5, 5.41) is 10.5. The lowest BCUT2D eigenvalue weighted by Crippen LogP contribution is -2.44. The van der Waals surface area contributed by atoms with Crippen LogP contribution in [0.1, 0.15) is 30.0 Å². The Morgan fingerprint density at radius 2 is 1.70 bits per heavy atom. The fraction of sp³-hybridized carbons (Fsp3) is 0.250. The number of aromatic nitrogens is 1. The minimum Gasteiger partial charge on any atom is -0.467 e. The van der Waals surface area contributed by atoms with Crippen LogP contribution < -0.4 is 16.0 Å². The van der Waals surface area contributed by atoms with Crippen LogP contribution >= 0.6 is 0 Å². The van der Waals surface area contributed by atoms with Gasteiger partial charge in [-0.25, -0.2) is 14.0 Å². The Balaban J connectivity index is 1.67. The van der Waals surface area contributed by atoms with E-state index in [0.717, 1.165) is 12.1 Å². The maximum Gasteiger partial charge on any atom is 0.418 e. The highest BCUT2D eigenvalue weighted by molar-refractivity contribution is 6.00. The molecule has 0 saturated carbocycles. The topological polar surface area (TPSA) is 123 Å². The van der Waals surface area contributed by atoms with Crippen LogP contribution in [0.3, 0.4) is 0 Å². The SMILES string of the molecule is COC(=O)[C@@H](NC(=O)c1cc(-c2ccc(NC(=O)Nc3c(F)cccc3C(F)(F)F)cc2)no1)C(C)C. The van der Waals surface area contributed by atoms with Gasteiger partial charge in [-0.1, -0.05) is 37.2 Å². The molecule has 0 radical (unpaired) electrons. The first kappa shape index (κ1) is 27.2. The number of carbonyl (C=O) groups excluding carboxylic acids is 3. The molecule has 3 aromatic rings. The van der Waals surface area contributed by atoms with Crippen LogP contribution in [0.15, 0.2) is 53.1 Å². The number of halogens is 4. The third-order valence-electron chi connectivity index (χ3n) is 5.14. The number of alkyl halides is 3. The molecule has 1 heterocycles. The normalized spacial score (nSPS) is 12.1. The van der Waals surface area contributed by atoms with E-state index in [1.165, 1.54) is 37.4 Å². The van der Waals surface area contributed by atoms with Gasteiger partial charge in [-0.15, -0.1) is 0 Å². The van der Waals surface area contributed by atoms with Gasteiger partial charge in [0.25, 0.3) is 5.91 Å². The van der Waals surface area contributed by atoms with E-state index >= 15 is 0 Å². The number of hydrogen-bond donors (Lipinski definition) is 3. The predicted molar refractivity (Wildman–Crippen MR) is 124 cm³/mol. The molecule has 0 aliphatic carbocycles. The zero-order chi connectivity index (χ0) is 27.3. The first-order chi connectivity index (χ1) is 17.4. The second-order valence-corrected chi connectivity index (χ2v) is 8.11. The molecule has 1 atom stereocenters. The number of rotatable bonds is 7. The number of para-hydroxylation sites is 1. The number of amides is 3. The van der Waals surface area contributed by atoms with Gasteiger partial charge >= 0.3 is 18.2 Å². The Morgan fingerprint density at radius 3 is 2.30 bits per heavy atom. The Bertz CT molecular complexity index is 1290. The van der Waals surface area contributed by atoms with Crippen molar-refractivity contribution in [3.63, 3.8) is 0 Å². The smallest absolute Gasteiger partial charge is 0.418 e. The monoisotopic (exact) mass is 522 g/mol. The molecule has 0 unspecified atom stereocenters. The minimum atomic E-state index is -4.87. The lowest BCUT2D eigenvalue weighted by atomic mass is 10.0. The molecule has 0 aliphatic heterocycles. The first-order valence-corrected chi connectivity index (χ1v) is 10.8. The van der Waals surface area contributed by atoms with Gasteiger partial charge in [-0.3, -0.25) is 4.79 Å². The van der Waals surface area contributed by atoms with E-state index in [4.69, 9.17) is 4.52 Å². The van der Waals surface area contributed by atoms with Crippen molar-refractivity contribution < 1.29 is 41.2 Å².